The van der Waals surface area contributed by atoms with Gasteiger partial charge in [-0.05, 0) is 34.7 Å². The molecule has 1 aromatic heterocycles. The maximum Gasteiger partial charge on any atom is 0.181 e. The molecule has 0 saturated heterocycles. The Bertz CT molecular complexity index is 1250. The average molecular weight is 423 g/mol. The fraction of sp³-hybridized carbons (Fsp3) is 0.192. The van der Waals surface area contributed by atoms with E-state index in [1.165, 1.54) is 5.56 Å². The highest BCUT2D eigenvalue weighted by Gasteiger charge is 2.23. The predicted octanol–water partition coefficient (Wildman–Crippen LogP) is 4.99. The molecule has 160 valence electrons. The lowest BCUT2D eigenvalue weighted by atomic mass is 9.85. The van der Waals surface area contributed by atoms with Crippen molar-refractivity contribution >= 4 is 5.84 Å². The van der Waals surface area contributed by atoms with Gasteiger partial charge in [0.05, 0.1) is 0 Å². The molecule has 1 aliphatic heterocycles. The third-order valence-corrected chi connectivity index (χ3v) is 5.56. The van der Waals surface area contributed by atoms with Crippen molar-refractivity contribution in [2.75, 3.05) is 0 Å². The van der Waals surface area contributed by atoms with Crippen molar-refractivity contribution in [2.45, 2.75) is 32.4 Å². The van der Waals surface area contributed by atoms with E-state index in [0.29, 0.717) is 5.82 Å². The Morgan fingerprint density at radius 1 is 0.781 bits per heavy atom. The number of hydrazine groups is 1. The van der Waals surface area contributed by atoms with Gasteiger partial charge in [-0.1, -0.05) is 81.4 Å². The molecule has 1 unspecified atom stereocenters. The quantitative estimate of drug-likeness (QED) is 0.433. The number of hydrogen-bond donors (Lipinski definition) is 3. The number of benzene rings is 3. The first-order chi connectivity index (χ1) is 15.5. The number of rotatable bonds is 4. The summed E-state index contributed by atoms with van der Waals surface area (Å²) in [7, 11) is 0. The number of aromatic nitrogens is 3. The summed E-state index contributed by atoms with van der Waals surface area (Å²) in [6.07, 6.45) is -0.124. The van der Waals surface area contributed by atoms with E-state index in [-0.39, 0.29) is 11.6 Å². The van der Waals surface area contributed by atoms with Crippen molar-refractivity contribution in [3.05, 3.63) is 95.6 Å². The van der Waals surface area contributed by atoms with Gasteiger partial charge in [-0.25, -0.2) is 15.4 Å². The molecule has 0 saturated carbocycles. The Hall–Kier alpha value is -3.77. The minimum Gasteiger partial charge on any atom is -0.303 e. The van der Waals surface area contributed by atoms with E-state index in [1.54, 1.807) is 0 Å². The van der Waals surface area contributed by atoms with Gasteiger partial charge in [0.2, 0.25) is 0 Å². The summed E-state index contributed by atoms with van der Waals surface area (Å²) in [6.45, 7) is 6.62. The van der Waals surface area contributed by atoms with Crippen LogP contribution in [-0.2, 0) is 5.41 Å². The minimum absolute atomic E-state index is 0.0330. The molecule has 5 rings (SSSR count). The van der Waals surface area contributed by atoms with Crippen LogP contribution in [0.25, 0.3) is 22.8 Å². The maximum atomic E-state index is 4.89. The van der Waals surface area contributed by atoms with Gasteiger partial charge in [-0.3, -0.25) is 5.10 Å². The van der Waals surface area contributed by atoms with E-state index in [2.05, 4.69) is 72.2 Å². The Kier molecular flexibility index (Phi) is 5.07. The lowest BCUT2D eigenvalue weighted by molar-refractivity contribution is 0.575. The van der Waals surface area contributed by atoms with Gasteiger partial charge < -0.3 is 5.43 Å². The third kappa shape index (κ3) is 4.05. The molecule has 0 fully saturated rings. The Balaban J connectivity index is 1.54. The van der Waals surface area contributed by atoms with Gasteiger partial charge in [0, 0.05) is 16.7 Å². The van der Waals surface area contributed by atoms with Gasteiger partial charge in [-0.2, -0.15) is 5.10 Å². The minimum atomic E-state index is -0.124. The lowest BCUT2D eigenvalue weighted by Crippen LogP contribution is -2.32. The second-order valence-corrected chi connectivity index (χ2v) is 8.98. The smallest absolute Gasteiger partial charge is 0.181 e. The highest BCUT2D eigenvalue weighted by molar-refractivity contribution is 6.00. The van der Waals surface area contributed by atoms with Gasteiger partial charge in [-0.15, -0.1) is 0 Å². The van der Waals surface area contributed by atoms with E-state index in [1.807, 2.05) is 48.5 Å². The molecule has 6 heteroatoms. The zero-order valence-corrected chi connectivity index (χ0v) is 18.4. The zero-order chi connectivity index (χ0) is 22.1. The highest BCUT2D eigenvalue weighted by Crippen LogP contribution is 2.30. The summed E-state index contributed by atoms with van der Waals surface area (Å²) in [5, 5.41) is 7.58. The number of nitrogens with zero attached hydrogens (tertiary/aromatic N) is 3. The number of H-pyrrole nitrogens is 1. The molecule has 0 aliphatic carbocycles. The van der Waals surface area contributed by atoms with Crippen LogP contribution in [0.15, 0.2) is 83.9 Å². The molecular formula is C26H26N6. The predicted molar refractivity (Wildman–Crippen MR) is 128 cm³/mol. The zero-order valence-electron chi connectivity index (χ0n) is 18.4. The van der Waals surface area contributed by atoms with Crippen LogP contribution < -0.4 is 10.9 Å². The first-order valence-corrected chi connectivity index (χ1v) is 10.8. The second-order valence-electron chi connectivity index (χ2n) is 8.98. The first-order valence-electron chi connectivity index (χ1n) is 10.8. The summed E-state index contributed by atoms with van der Waals surface area (Å²) in [4.78, 5) is 9.65. The van der Waals surface area contributed by atoms with E-state index < -0.39 is 0 Å². The van der Waals surface area contributed by atoms with Crippen LogP contribution in [0.3, 0.4) is 0 Å². The monoisotopic (exact) mass is 422 g/mol. The van der Waals surface area contributed by atoms with E-state index in [4.69, 9.17) is 9.98 Å². The van der Waals surface area contributed by atoms with Crippen molar-refractivity contribution in [1.82, 2.24) is 26.0 Å². The van der Waals surface area contributed by atoms with Crippen molar-refractivity contribution in [3.63, 3.8) is 0 Å². The Morgan fingerprint density at radius 2 is 1.47 bits per heavy atom. The molecule has 32 heavy (non-hydrogen) atoms. The largest absolute Gasteiger partial charge is 0.303 e. The van der Waals surface area contributed by atoms with Crippen LogP contribution in [0.1, 0.15) is 43.6 Å². The van der Waals surface area contributed by atoms with Gasteiger partial charge in [0.1, 0.15) is 12.0 Å². The van der Waals surface area contributed by atoms with Gasteiger partial charge >= 0.3 is 0 Å². The van der Waals surface area contributed by atoms with Crippen molar-refractivity contribution in [1.29, 1.82) is 0 Å². The van der Waals surface area contributed by atoms with Crippen LogP contribution >= 0.6 is 0 Å². The number of aromatic amines is 1. The molecule has 3 N–H and O–H groups in total. The molecule has 6 nitrogen and oxygen atoms in total. The first kappa shape index (κ1) is 20.2. The molecule has 3 aromatic carbocycles. The summed E-state index contributed by atoms with van der Waals surface area (Å²) < 4.78 is 0. The summed E-state index contributed by atoms with van der Waals surface area (Å²) in [6, 6.07) is 26.7. The number of hydrogen-bond acceptors (Lipinski definition) is 5. The van der Waals surface area contributed by atoms with E-state index in [0.717, 1.165) is 33.9 Å². The van der Waals surface area contributed by atoms with E-state index in [9.17, 15) is 0 Å². The molecule has 0 spiro atoms. The topological polar surface area (TPSA) is 78.0 Å². The van der Waals surface area contributed by atoms with Gasteiger partial charge in [0.15, 0.2) is 11.6 Å². The standard InChI is InChI=1S/C26H26N6/c1-26(2,3)21-15-19(24-27-22(29-31-24)17-10-6-4-7-11-17)14-20(16-21)25-28-23(30-32-25)18-12-8-5-9-13-18/h4-16,22,29H,1-3H3,(H,27,31)(H,28,30,32). The number of amidine groups is 1. The van der Waals surface area contributed by atoms with E-state index >= 15 is 0 Å². The van der Waals surface area contributed by atoms with Crippen molar-refractivity contribution in [3.8, 4) is 22.8 Å². The molecule has 4 aromatic rings. The lowest BCUT2D eigenvalue weighted by Gasteiger charge is -2.21. The molecule has 0 amide bonds. The van der Waals surface area contributed by atoms with Crippen molar-refractivity contribution in [2.24, 2.45) is 4.99 Å². The molecule has 2 heterocycles. The average Bonchev–Trinajstić information content (AvgIpc) is 3.50. The summed E-state index contributed by atoms with van der Waals surface area (Å²) in [5.41, 5.74) is 11.8. The third-order valence-electron chi connectivity index (χ3n) is 5.56. The number of nitrogens with one attached hydrogen (secondary N) is 3. The molecule has 0 radical (unpaired) electrons. The maximum absolute atomic E-state index is 4.89. The highest BCUT2D eigenvalue weighted by atomic mass is 15.5. The fourth-order valence-electron chi connectivity index (χ4n) is 3.71. The summed E-state index contributed by atoms with van der Waals surface area (Å²) in [5.74, 6) is 2.23. The fourth-order valence-corrected chi connectivity index (χ4v) is 3.71. The van der Waals surface area contributed by atoms with Crippen LogP contribution in [0, 0.1) is 0 Å². The SMILES string of the molecule is CC(C)(C)c1cc(C2=NC(c3ccccc3)NN2)cc(-c2n[nH]c(-c3ccccc3)n2)c1. The second kappa shape index (κ2) is 8.05. The molecule has 1 atom stereocenters. The molecule has 0 bridgehead atoms. The number of aliphatic imine (C=N–C) groups is 1. The van der Waals surface area contributed by atoms with Crippen LogP contribution in [0.4, 0.5) is 0 Å². The molecule has 1 aliphatic rings. The van der Waals surface area contributed by atoms with Crippen LogP contribution in [0.2, 0.25) is 0 Å². The Labute approximate surface area is 187 Å². The van der Waals surface area contributed by atoms with Crippen LogP contribution in [-0.4, -0.2) is 21.0 Å². The molecular weight excluding hydrogens is 396 g/mol. The normalized spacial score (nSPS) is 16.0. The summed E-state index contributed by atoms with van der Waals surface area (Å²) >= 11 is 0. The Morgan fingerprint density at radius 3 is 2.19 bits per heavy atom. The van der Waals surface area contributed by atoms with Gasteiger partial charge in [0.25, 0.3) is 0 Å². The van der Waals surface area contributed by atoms with Crippen molar-refractivity contribution < 1.29 is 0 Å². The van der Waals surface area contributed by atoms with Crippen LogP contribution in [0.5, 0.6) is 0 Å².